The van der Waals surface area contributed by atoms with Gasteiger partial charge in [-0.1, -0.05) is 23.7 Å². The SMILES string of the molecule is Cc1ccc(C2(Cl)N=N2)cc1[N+](=O)[O-]. The Hall–Kier alpha value is -1.49. The van der Waals surface area contributed by atoms with Gasteiger partial charge in [-0.15, -0.1) is 10.2 Å². The lowest BCUT2D eigenvalue weighted by Gasteiger charge is -2.03. The van der Waals surface area contributed by atoms with Gasteiger partial charge in [0.15, 0.2) is 0 Å². The highest BCUT2D eigenvalue weighted by molar-refractivity contribution is 6.24. The van der Waals surface area contributed by atoms with Gasteiger partial charge in [0.2, 0.25) is 0 Å². The number of alkyl halides is 1. The first kappa shape index (κ1) is 9.08. The summed E-state index contributed by atoms with van der Waals surface area (Å²) in [5, 5.41) is 16.8. The predicted octanol–water partition coefficient (Wildman–Crippen LogP) is 2.72. The summed E-state index contributed by atoms with van der Waals surface area (Å²) in [4.78, 5) is 10.2. The minimum absolute atomic E-state index is 0.0415. The van der Waals surface area contributed by atoms with Gasteiger partial charge < -0.3 is 0 Å². The molecule has 0 saturated carbocycles. The van der Waals surface area contributed by atoms with Crippen LogP contribution in [0.4, 0.5) is 5.69 Å². The molecule has 72 valence electrons. The molecule has 1 heterocycles. The Morgan fingerprint density at radius 1 is 1.50 bits per heavy atom. The van der Waals surface area contributed by atoms with Crippen LogP contribution in [0.1, 0.15) is 11.1 Å². The highest BCUT2D eigenvalue weighted by atomic mass is 35.5. The Labute approximate surface area is 84.6 Å². The first-order chi connectivity index (χ1) is 6.53. The number of hydrogen-bond acceptors (Lipinski definition) is 4. The summed E-state index contributed by atoms with van der Waals surface area (Å²) in [5.41, 5.74) is 1.18. The van der Waals surface area contributed by atoms with E-state index < -0.39 is 10.0 Å². The molecule has 0 aliphatic carbocycles. The molecule has 0 saturated heterocycles. The molecular weight excluding hydrogens is 206 g/mol. The second-order valence-corrected chi connectivity index (χ2v) is 3.57. The lowest BCUT2D eigenvalue weighted by Crippen LogP contribution is -2.00. The highest BCUT2D eigenvalue weighted by Crippen LogP contribution is 2.44. The summed E-state index contributed by atoms with van der Waals surface area (Å²) in [5.74, 6) is 0. The van der Waals surface area contributed by atoms with Crippen LogP contribution in [0.15, 0.2) is 28.4 Å². The van der Waals surface area contributed by atoms with Crippen LogP contribution in [-0.4, -0.2) is 4.92 Å². The second-order valence-electron chi connectivity index (χ2n) is 3.05. The zero-order valence-corrected chi connectivity index (χ0v) is 8.02. The van der Waals surface area contributed by atoms with Gasteiger partial charge in [0, 0.05) is 17.2 Å². The Balaban J connectivity index is 2.46. The van der Waals surface area contributed by atoms with Crippen molar-refractivity contribution in [2.24, 2.45) is 10.2 Å². The molecule has 6 heteroatoms. The Morgan fingerprint density at radius 2 is 2.14 bits per heavy atom. The van der Waals surface area contributed by atoms with Gasteiger partial charge in [-0.05, 0) is 6.92 Å². The smallest absolute Gasteiger partial charge is 0.258 e. The maximum Gasteiger partial charge on any atom is 0.289 e. The number of benzene rings is 1. The monoisotopic (exact) mass is 211 g/mol. The van der Waals surface area contributed by atoms with Gasteiger partial charge in [-0.3, -0.25) is 10.1 Å². The number of nitro benzene ring substituents is 1. The van der Waals surface area contributed by atoms with Gasteiger partial charge in [0.25, 0.3) is 10.8 Å². The normalized spacial score (nSPS) is 16.7. The van der Waals surface area contributed by atoms with Crippen LogP contribution in [0.5, 0.6) is 0 Å². The molecule has 0 amide bonds. The standard InChI is InChI=1S/C8H6ClN3O2/c1-5-2-3-6(8(9)10-11-8)4-7(5)12(13)14/h2-4H,1H3. The number of rotatable bonds is 2. The molecule has 0 atom stereocenters. The van der Waals surface area contributed by atoms with Crippen LogP contribution in [-0.2, 0) is 5.12 Å². The predicted molar refractivity (Wildman–Crippen MR) is 50.2 cm³/mol. The molecule has 1 aromatic rings. The molecule has 5 nitrogen and oxygen atoms in total. The van der Waals surface area contributed by atoms with Crippen LogP contribution < -0.4 is 0 Å². The summed E-state index contributed by atoms with van der Waals surface area (Å²) in [6.45, 7) is 1.67. The molecule has 2 rings (SSSR count). The van der Waals surface area contributed by atoms with Crippen LogP contribution in [0.3, 0.4) is 0 Å². The van der Waals surface area contributed by atoms with Crippen molar-refractivity contribution >= 4 is 17.3 Å². The summed E-state index contributed by atoms with van der Waals surface area (Å²) in [7, 11) is 0. The molecule has 0 aromatic heterocycles. The van der Waals surface area contributed by atoms with E-state index in [1.54, 1.807) is 19.1 Å². The summed E-state index contributed by atoms with van der Waals surface area (Å²) >= 11 is 5.84. The van der Waals surface area contributed by atoms with E-state index in [1.807, 2.05) is 0 Å². The molecule has 0 fully saturated rings. The molecule has 0 radical (unpaired) electrons. The first-order valence-electron chi connectivity index (χ1n) is 3.91. The third-order valence-corrected chi connectivity index (χ3v) is 2.42. The summed E-state index contributed by atoms with van der Waals surface area (Å²) in [6.07, 6.45) is 0. The van der Waals surface area contributed by atoms with Crippen LogP contribution in [0.25, 0.3) is 0 Å². The van der Waals surface area contributed by atoms with Crippen molar-refractivity contribution < 1.29 is 4.92 Å². The van der Waals surface area contributed by atoms with E-state index in [4.69, 9.17) is 11.6 Å². The fourth-order valence-electron chi connectivity index (χ4n) is 1.16. The first-order valence-corrected chi connectivity index (χ1v) is 4.29. The maximum absolute atomic E-state index is 10.6. The quantitative estimate of drug-likeness (QED) is 0.327. The zero-order valence-electron chi connectivity index (χ0n) is 7.27. The van der Waals surface area contributed by atoms with Crippen molar-refractivity contribution in [3.8, 4) is 0 Å². The second kappa shape index (κ2) is 2.75. The molecule has 0 spiro atoms. The highest BCUT2D eigenvalue weighted by Gasteiger charge is 2.40. The van der Waals surface area contributed by atoms with Crippen LogP contribution >= 0.6 is 11.6 Å². The third kappa shape index (κ3) is 1.35. The van der Waals surface area contributed by atoms with Crippen LogP contribution in [0.2, 0.25) is 0 Å². The van der Waals surface area contributed by atoms with Crippen molar-refractivity contribution in [3.05, 3.63) is 39.4 Å². The number of hydrogen-bond donors (Lipinski definition) is 0. The van der Waals surface area contributed by atoms with Crippen molar-refractivity contribution in [2.45, 2.75) is 12.0 Å². The average Bonchev–Trinajstić information content (AvgIpc) is 2.85. The summed E-state index contributed by atoms with van der Waals surface area (Å²) < 4.78 is 0. The molecule has 0 bridgehead atoms. The van der Waals surface area contributed by atoms with Crippen LogP contribution in [0, 0.1) is 17.0 Å². The third-order valence-electron chi connectivity index (χ3n) is 2.05. The van der Waals surface area contributed by atoms with Crippen molar-refractivity contribution in [3.63, 3.8) is 0 Å². The number of nitrogens with zero attached hydrogens (tertiary/aromatic N) is 3. The zero-order chi connectivity index (χ0) is 10.3. The van der Waals surface area contributed by atoms with E-state index in [-0.39, 0.29) is 5.69 Å². The molecule has 1 aliphatic rings. The Kier molecular flexibility index (Phi) is 1.78. The van der Waals surface area contributed by atoms with Crippen molar-refractivity contribution in [1.82, 2.24) is 0 Å². The number of aryl methyl sites for hydroxylation is 1. The Morgan fingerprint density at radius 3 is 2.64 bits per heavy atom. The van der Waals surface area contributed by atoms with Gasteiger partial charge in [-0.2, -0.15) is 0 Å². The largest absolute Gasteiger partial charge is 0.289 e. The minimum Gasteiger partial charge on any atom is -0.258 e. The Bertz CT molecular complexity index is 438. The molecule has 1 aromatic carbocycles. The van der Waals surface area contributed by atoms with Gasteiger partial charge >= 0.3 is 0 Å². The molecule has 0 N–H and O–H groups in total. The average molecular weight is 212 g/mol. The van der Waals surface area contributed by atoms with E-state index in [0.717, 1.165) is 0 Å². The van der Waals surface area contributed by atoms with E-state index in [1.165, 1.54) is 6.07 Å². The topological polar surface area (TPSA) is 67.9 Å². The lowest BCUT2D eigenvalue weighted by molar-refractivity contribution is -0.385. The fourth-order valence-corrected chi connectivity index (χ4v) is 1.32. The van der Waals surface area contributed by atoms with E-state index in [2.05, 4.69) is 10.2 Å². The molecule has 0 unspecified atom stereocenters. The van der Waals surface area contributed by atoms with E-state index in [9.17, 15) is 10.1 Å². The van der Waals surface area contributed by atoms with E-state index in [0.29, 0.717) is 11.1 Å². The summed E-state index contributed by atoms with van der Waals surface area (Å²) in [6, 6.07) is 4.73. The van der Waals surface area contributed by atoms with Crippen molar-refractivity contribution in [1.29, 1.82) is 0 Å². The molecule has 14 heavy (non-hydrogen) atoms. The lowest BCUT2D eigenvalue weighted by atomic mass is 10.1. The minimum atomic E-state index is -1.07. The van der Waals surface area contributed by atoms with Gasteiger partial charge in [0.05, 0.1) is 4.92 Å². The molecular formula is C8H6ClN3O2. The number of nitro groups is 1. The van der Waals surface area contributed by atoms with Gasteiger partial charge in [0.1, 0.15) is 0 Å². The number of halogens is 1. The fraction of sp³-hybridized carbons (Fsp3) is 0.250. The van der Waals surface area contributed by atoms with E-state index >= 15 is 0 Å². The maximum atomic E-state index is 10.6. The molecule has 1 aliphatic heterocycles. The van der Waals surface area contributed by atoms with Crippen molar-refractivity contribution in [2.75, 3.05) is 0 Å². The van der Waals surface area contributed by atoms with Gasteiger partial charge in [-0.25, -0.2) is 0 Å².